The highest BCUT2D eigenvalue weighted by Crippen LogP contribution is 2.33. The monoisotopic (exact) mass is 296 g/mol. The van der Waals surface area contributed by atoms with Gasteiger partial charge in [-0.15, -0.1) is 0 Å². The molecular formula is C15H24N2O4. The fraction of sp³-hybridized carbons (Fsp3) is 0.867. The van der Waals surface area contributed by atoms with Crippen LogP contribution >= 0.6 is 0 Å². The predicted octanol–water partition coefficient (Wildman–Crippen LogP) is 0.467. The highest BCUT2D eigenvalue weighted by molar-refractivity contribution is 5.79. The lowest BCUT2D eigenvalue weighted by Crippen LogP contribution is -2.56. The second-order valence-corrected chi connectivity index (χ2v) is 6.66. The Morgan fingerprint density at radius 3 is 2.57 bits per heavy atom. The number of nitrogens with zero attached hydrogens (tertiary/aromatic N) is 1. The molecule has 1 amide bonds. The van der Waals surface area contributed by atoms with Crippen molar-refractivity contribution in [3.05, 3.63) is 0 Å². The Hall–Kier alpha value is -1.14. The van der Waals surface area contributed by atoms with E-state index in [4.69, 9.17) is 9.84 Å². The number of carboxylic acids is 1. The highest BCUT2D eigenvalue weighted by atomic mass is 16.5. The van der Waals surface area contributed by atoms with Crippen LogP contribution in [0.4, 0.5) is 0 Å². The van der Waals surface area contributed by atoms with Gasteiger partial charge in [-0.3, -0.25) is 14.5 Å². The molecule has 0 aromatic rings. The minimum Gasteiger partial charge on any atom is -0.480 e. The molecule has 1 aliphatic heterocycles. The van der Waals surface area contributed by atoms with Gasteiger partial charge in [0.2, 0.25) is 5.91 Å². The third kappa shape index (κ3) is 3.95. The normalized spacial score (nSPS) is 32.0. The molecule has 2 saturated carbocycles. The summed E-state index contributed by atoms with van der Waals surface area (Å²) in [5.74, 6) is 0.0356. The van der Waals surface area contributed by atoms with Gasteiger partial charge >= 0.3 is 5.97 Å². The van der Waals surface area contributed by atoms with Crippen LogP contribution in [0.3, 0.4) is 0 Å². The van der Waals surface area contributed by atoms with Crippen LogP contribution in [0.15, 0.2) is 0 Å². The summed E-state index contributed by atoms with van der Waals surface area (Å²) >= 11 is 0. The molecule has 0 aromatic heterocycles. The van der Waals surface area contributed by atoms with Crippen LogP contribution in [0.2, 0.25) is 0 Å². The Bertz CT molecular complexity index is 398. The zero-order chi connectivity index (χ0) is 14.8. The summed E-state index contributed by atoms with van der Waals surface area (Å²) in [6.45, 7) is 2.24. The van der Waals surface area contributed by atoms with Gasteiger partial charge < -0.3 is 15.2 Å². The van der Waals surface area contributed by atoms with Crippen molar-refractivity contribution in [2.24, 2.45) is 11.8 Å². The molecule has 3 fully saturated rings. The van der Waals surface area contributed by atoms with E-state index in [1.165, 1.54) is 12.8 Å². The van der Waals surface area contributed by atoms with E-state index in [1.807, 2.05) is 0 Å². The van der Waals surface area contributed by atoms with Gasteiger partial charge in [0.25, 0.3) is 0 Å². The van der Waals surface area contributed by atoms with Crippen LogP contribution in [0.5, 0.6) is 0 Å². The van der Waals surface area contributed by atoms with E-state index in [2.05, 4.69) is 10.2 Å². The Morgan fingerprint density at radius 1 is 1.24 bits per heavy atom. The van der Waals surface area contributed by atoms with Crippen LogP contribution < -0.4 is 5.32 Å². The fourth-order valence-corrected chi connectivity index (χ4v) is 3.21. The zero-order valence-electron chi connectivity index (χ0n) is 12.3. The van der Waals surface area contributed by atoms with E-state index in [0.717, 1.165) is 25.8 Å². The topological polar surface area (TPSA) is 78.9 Å². The maximum Gasteiger partial charge on any atom is 0.317 e. The van der Waals surface area contributed by atoms with Gasteiger partial charge in [0.05, 0.1) is 19.1 Å². The summed E-state index contributed by atoms with van der Waals surface area (Å²) in [7, 11) is 0. The standard InChI is InChI=1S/C15H24N2O4/c18-14(19)8-17(7-10-1-2-10)13-5-12(6-13)16-15(20)11-3-4-21-9-11/h10-13H,1-9H2,(H,16,20)(H,18,19)/t11-,12?,13?/m0/s1. The Kier molecular flexibility index (Phi) is 4.45. The minimum absolute atomic E-state index is 0.00522. The number of hydrogen-bond donors (Lipinski definition) is 2. The van der Waals surface area contributed by atoms with Crippen molar-refractivity contribution in [2.75, 3.05) is 26.3 Å². The van der Waals surface area contributed by atoms with E-state index in [9.17, 15) is 9.59 Å². The number of rotatable bonds is 7. The molecule has 21 heavy (non-hydrogen) atoms. The van der Waals surface area contributed by atoms with Crippen LogP contribution in [-0.2, 0) is 14.3 Å². The van der Waals surface area contributed by atoms with Gasteiger partial charge in [-0.25, -0.2) is 0 Å². The molecule has 2 N–H and O–H groups in total. The lowest BCUT2D eigenvalue weighted by Gasteiger charge is -2.43. The van der Waals surface area contributed by atoms with Gasteiger partial charge in [-0.1, -0.05) is 0 Å². The number of hydrogen-bond acceptors (Lipinski definition) is 4. The molecule has 118 valence electrons. The largest absolute Gasteiger partial charge is 0.480 e. The predicted molar refractivity (Wildman–Crippen MR) is 75.8 cm³/mol. The lowest BCUT2D eigenvalue weighted by atomic mass is 9.84. The molecule has 2 aliphatic carbocycles. The smallest absolute Gasteiger partial charge is 0.317 e. The molecule has 0 bridgehead atoms. The maximum atomic E-state index is 12.0. The number of aliphatic carboxylic acids is 1. The van der Waals surface area contributed by atoms with Crippen LogP contribution in [-0.4, -0.2) is 60.3 Å². The van der Waals surface area contributed by atoms with E-state index in [0.29, 0.717) is 25.2 Å². The molecule has 3 rings (SSSR count). The van der Waals surface area contributed by atoms with Crippen LogP contribution in [0.25, 0.3) is 0 Å². The molecule has 0 spiro atoms. The van der Waals surface area contributed by atoms with Gasteiger partial charge in [0, 0.05) is 25.2 Å². The van der Waals surface area contributed by atoms with Crippen molar-refractivity contribution in [2.45, 2.75) is 44.2 Å². The minimum atomic E-state index is -0.758. The maximum absolute atomic E-state index is 12.0. The van der Waals surface area contributed by atoms with Crippen LogP contribution in [0.1, 0.15) is 32.1 Å². The molecule has 6 heteroatoms. The van der Waals surface area contributed by atoms with Crippen molar-refractivity contribution in [1.29, 1.82) is 0 Å². The summed E-state index contributed by atoms with van der Waals surface area (Å²) < 4.78 is 5.23. The number of carbonyl (C=O) groups is 2. The summed E-state index contributed by atoms with van der Waals surface area (Å²) in [5, 5.41) is 12.1. The second kappa shape index (κ2) is 6.32. The van der Waals surface area contributed by atoms with Crippen molar-refractivity contribution in [1.82, 2.24) is 10.2 Å². The van der Waals surface area contributed by atoms with E-state index in [1.54, 1.807) is 0 Å². The fourth-order valence-electron chi connectivity index (χ4n) is 3.21. The van der Waals surface area contributed by atoms with Crippen molar-refractivity contribution in [3.8, 4) is 0 Å². The Balaban J connectivity index is 1.42. The zero-order valence-corrected chi connectivity index (χ0v) is 12.3. The third-order valence-electron chi connectivity index (χ3n) is 4.80. The van der Waals surface area contributed by atoms with Gasteiger partial charge in [-0.05, 0) is 38.0 Å². The van der Waals surface area contributed by atoms with Gasteiger partial charge in [0.1, 0.15) is 0 Å². The number of amides is 1. The number of carbonyl (C=O) groups excluding carboxylic acids is 1. The number of carboxylic acid groups (broad SMARTS) is 1. The first-order valence-corrected chi connectivity index (χ1v) is 7.95. The number of nitrogens with one attached hydrogen (secondary N) is 1. The van der Waals surface area contributed by atoms with Crippen molar-refractivity contribution >= 4 is 11.9 Å². The van der Waals surface area contributed by atoms with Crippen molar-refractivity contribution < 1.29 is 19.4 Å². The molecule has 0 unspecified atom stereocenters. The summed E-state index contributed by atoms with van der Waals surface area (Å²) in [6, 6.07) is 0.519. The first-order chi connectivity index (χ1) is 10.1. The molecule has 6 nitrogen and oxygen atoms in total. The second-order valence-electron chi connectivity index (χ2n) is 6.66. The first kappa shape index (κ1) is 14.8. The lowest BCUT2D eigenvalue weighted by molar-refractivity contribution is -0.140. The first-order valence-electron chi connectivity index (χ1n) is 7.95. The van der Waals surface area contributed by atoms with Crippen LogP contribution in [0, 0.1) is 11.8 Å². The average molecular weight is 296 g/mol. The average Bonchev–Trinajstić information content (AvgIpc) is 3.03. The van der Waals surface area contributed by atoms with E-state index >= 15 is 0 Å². The number of ether oxygens (including phenoxy) is 1. The molecule has 1 atom stereocenters. The van der Waals surface area contributed by atoms with Gasteiger partial charge in [-0.2, -0.15) is 0 Å². The highest BCUT2D eigenvalue weighted by Gasteiger charge is 2.38. The Labute approximate surface area is 124 Å². The van der Waals surface area contributed by atoms with E-state index in [-0.39, 0.29) is 24.4 Å². The molecule has 1 heterocycles. The van der Waals surface area contributed by atoms with Gasteiger partial charge in [0.15, 0.2) is 0 Å². The van der Waals surface area contributed by atoms with Crippen molar-refractivity contribution in [3.63, 3.8) is 0 Å². The molecular weight excluding hydrogens is 272 g/mol. The molecule has 0 radical (unpaired) electrons. The Morgan fingerprint density at radius 2 is 2.00 bits per heavy atom. The summed E-state index contributed by atoms with van der Waals surface area (Å²) in [6.07, 6.45) is 5.02. The molecule has 1 saturated heterocycles. The molecule has 3 aliphatic rings. The summed E-state index contributed by atoms with van der Waals surface area (Å²) in [5.41, 5.74) is 0. The SMILES string of the molecule is O=C(O)CN(CC1CC1)C1CC(NC(=O)[C@H]2CCOC2)C1. The molecule has 0 aromatic carbocycles. The van der Waals surface area contributed by atoms with E-state index < -0.39 is 5.97 Å². The summed E-state index contributed by atoms with van der Waals surface area (Å²) in [4.78, 5) is 25.0. The quantitative estimate of drug-likeness (QED) is 0.714. The third-order valence-corrected chi connectivity index (χ3v) is 4.80.